The lowest BCUT2D eigenvalue weighted by Crippen LogP contribution is -2.30. The zero-order valence-electron chi connectivity index (χ0n) is 29.5. The predicted molar refractivity (Wildman–Crippen MR) is 208 cm³/mol. The molecule has 3 heterocycles. The Hall–Kier alpha value is -5.74. The van der Waals surface area contributed by atoms with Crippen LogP contribution in [0.25, 0.3) is 83.0 Å². The molecule has 6 aromatic carbocycles. The monoisotopic (exact) mass is 650 g/mol. The van der Waals surface area contributed by atoms with Gasteiger partial charge in [-0.1, -0.05) is 107 Å². The lowest BCUT2D eigenvalue weighted by Gasteiger charge is -2.21. The molecule has 244 valence electrons. The van der Waals surface area contributed by atoms with Crippen LogP contribution in [0.1, 0.15) is 56.2 Å². The highest BCUT2D eigenvalue weighted by Gasteiger charge is 2.34. The Morgan fingerprint density at radius 2 is 1.30 bits per heavy atom. The molecular formula is C46H40N3O+. The summed E-state index contributed by atoms with van der Waals surface area (Å²) in [4.78, 5) is 5.13. The van der Waals surface area contributed by atoms with Crippen LogP contribution in [0.2, 0.25) is 0 Å². The van der Waals surface area contributed by atoms with Crippen molar-refractivity contribution < 1.29 is 8.98 Å². The summed E-state index contributed by atoms with van der Waals surface area (Å²) in [5, 5.41) is 4.39. The van der Waals surface area contributed by atoms with Gasteiger partial charge in [-0.3, -0.25) is 0 Å². The molecule has 0 aliphatic rings. The Balaban J connectivity index is 1.41. The zero-order chi connectivity index (χ0) is 34.3. The van der Waals surface area contributed by atoms with E-state index in [0.717, 1.165) is 60.7 Å². The third-order valence-electron chi connectivity index (χ3n) is 10.5. The van der Waals surface area contributed by atoms with Gasteiger partial charge in [-0.15, -0.1) is 0 Å². The number of aryl methyl sites for hydroxylation is 2. The molecule has 0 saturated heterocycles. The van der Waals surface area contributed by atoms with Gasteiger partial charge in [0.2, 0.25) is 0 Å². The molecule has 9 aromatic rings. The van der Waals surface area contributed by atoms with E-state index in [4.69, 9.17) is 9.40 Å². The molecule has 0 saturated carbocycles. The first-order valence-electron chi connectivity index (χ1n) is 17.7. The van der Waals surface area contributed by atoms with Crippen molar-refractivity contribution in [2.75, 3.05) is 0 Å². The van der Waals surface area contributed by atoms with Crippen molar-refractivity contribution in [3.8, 4) is 28.2 Å². The highest BCUT2D eigenvalue weighted by atomic mass is 16.3. The minimum absolute atomic E-state index is 0.292. The van der Waals surface area contributed by atoms with Crippen LogP contribution < -0.4 is 4.57 Å². The zero-order valence-corrected chi connectivity index (χ0v) is 29.5. The number of hydrogen-bond acceptors (Lipinski definition) is 2. The van der Waals surface area contributed by atoms with Gasteiger partial charge in [0.1, 0.15) is 16.8 Å². The molecule has 9 rings (SSSR count). The van der Waals surface area contributed by atoms with E-state index < -0.39 is 0 Å². The summed E-state index contributed by atoms with van der Waals surface area (Å²) in [5.74, 6) is 1.69. The Kier molecular flexibility index (Phi) is 6.93. The van der Waals surface area contributed by atoms with Gasteiger partial charge in [-0.2, -0.15) is 4.57 Å². The third kappa shape index (κ3) is 4.51. The highest BCUT2D eigenvalue weighted by molar-refractivity contribution is 6.17. The van der Waals surface area contributed by atoms with Crippen LogP contribution in [-0.2, 0) is 7.05 Å². The minimum atomic E-state index is 0.292. The van der Waals surface area contributed by atoms with Gasteiger partial charge >= 0.3 is 0 Å². The topological polar surface area (TPSA) is 34.8 Å². The van der Waals surface area contributed by atoms with Gasteiger partial charge in [-0.25, -0.2) is 9.55 Å². The molecular weight excluding hydrogens is 611 g/mol. The Bertz CT molecular complexity index is 2750. The molecule has 0 unspecified atom stereocenters. The summed E-state index contributed by atoms with van der Waals surface area (Å²) >= 11 is 0. The average Bonchev–Trinajstić information content (AvgIpc) is 3.65. The van der Waals surface area contributed by atoms with Crippen LogP contribution >= 0.6 is 0 Å². The molecule has 0 bridgehead atoms. The maximum absolute atomic E-state index is 7.07. The lowest BCUT2D eigenvalue weighted by atomic mass is 9.88. The van der Waals surface area contributed by atoms with E-state index in [2.05, 4.69) is 166 Å². The van der Waals surface area contributed by atoms with Crippen LogP contribution in [0, 0.1) is 6.92 Å². The first-order chi connectivity index (χ1) is 24.3. The molecule has 0 aliphatic heterocycles. The van der Waals surface area contributed by atoms with Crippen molar-refractivity contribution in [2.45, 2.75) is 46.5 Å². The number of para-hydroxylation sites is 3. The summed E-state index contributed by atoms with van der Waals surface area (Å²) < 4.78 is 11.9. The largest absolute Gasteiger partial charge is 0.453 e. The van der Waals surface area contributed by atoms with Crippen LogP contribution in [0.15, 0.2) is 126 Å². The fraction of sp³-hybridized carbons (Fsp3) is 0.174. The van der Waals surface area contributed by atoms with E-state index in [-0.39, 0.29) is 0 Å². The smallest absolute Gasteiger partial charge is 0.299 e. The number of furan rings is 1. The molecule has 0 fully saturated rings. The van der Waals surface area contributed by atoms with Crippen molar-refractivity contribution in [1.29, 1.82) is 0 Å². The number of nitrogens with zero attached hydrogens (tertiary/aromatic N) is 3. The Labute approximate surface area is 292 Å². The van der Waals surface area contributed by atoms with Crippen molar-refractivity contribution in [2.24, 2.45) is 7.05 Å². The number of benzene rings is 6. The maximum Gasteiger partial charge on any atom is 0.299 e. The standard InChI is InChI=1S/C46H40N3O/c1-27(2)36-25-33(30-14-8-7-9-15-30)26-37(28(3)4)43(36)49-40-19-13-12-18-39(40)48(6)46(49)41-29(5)20-22-34-35-23-21-32-24-31-16-10-11-17-38(31)47-42(32)45(35)50-44(34)41/h7-28H,1-6H3/q+1. The number of pyridine rings is 1. The summed E-state index contributed by atoms with van der Waals surface area (Å²) in [5.41, 5.74) is 14.6. The van der Waals surface area contributed by atoms with Crippen molar-refractivity contribution in [3.63, 3.8) is 0 Å². The number of fused-ring (bicyclic) bond motifs is 7. The first kappa shape index (κ1) is 30.3. The number of aromatic nitrogens is 3. The molecule has 4 heteroatoms. The van der Waals surface area contributed by atoms with Gasteiger partial charge in [0.05, 0.1) is 12.6 Å². The molecule has 0 spiro atoms. The van der Waals surface area contributed by atoms with Gasteiger partial charge in [0.25, 0.3) is 5.82 Å². The highest BCUT2D eigenvalue weighted by Crippen LogP contribution is 2.44. The summed E-state index contributed by atoms with van der Waals surface area (Å²) in [7, 11) is 2.20. The molecule has 0 N–H and O–H groups in total. The van der Waals surface area contributed by atoms with Crippen LogP contribution in [-0.4, -0.2) is 9.55 Å². The first-order valence-corrected chi connectivity index (χ1v) is 17.7. The second-order valence-electron chi connectivity index (χ2n) is 14.3. The van der Waals surface area contributed by atoms with Crippen LogP contribution in [0.3, 0.4) is 0 Å². The number of hydrogen-bond donors (Lipinski definition) is 0. The van der Waals surface area contributed by atoms with Gasteiger partial charge < -0.3 is 4.42 Å². The van der Waals surface area contributed by atoms with Crippen LogP contribution in [0.4, 0.5) is 0 Å². The van der Waals surface area contributed by atoms with Crippen molar-refractivity contribution in [1.82, 2.24) is 9.55 Å². The van der Waals surface area contributed by atoms with Gasteiger partial charge in [0.15, 0.2) is 22.2 Å². The molecule has 0 atom stereocenters. The second-order valence-corrected chi connectivity index (χ2v) is 14.3. The number of imidazole rings is 1. The van der Waals surface area contributed by atoms with E-state index in [1.165, 1.54) is 39.0 Å². The predicted octanol–water partition coefficient (Wildman–Crippen LogP) is 11.9. The summed E-state index contributed by atoms with van der Waals surface area (Å²) in [6.45, 7) is 11.5. The fourth-order valence-corrected chi connectivity index (χ4v) is 7.95. The molecule has 4 nitrogen and oxygen atoms in total. The van der Waals surface area contributed by atoms with E-state index in [1.807, 2.05) is 6.07 Å². The quantitative estimate of drug-likeness (QED) is 0.137. The normalized spacial score (nSPS) is 12.2. The van der Waals surface area contributed by atoms with E-state index in [1.54, 1.807) is 0 Å². The second kappa shape index (κ2) is 11.4. The van der Waals surface area contributed by atoms with E-state index in [0.29, 0.717) is 11.8 Å². The molecule has 0 aliphatic carbocycles. The van der Waals surface area contributed by atoms with E-state index in [9.17, 15) is 0 Å². The minimum Gasteiger partial charge on any atom is -0.453 e. The SMILES string of the molecule is Cc1ccc2c(oc3c2ccc2cc4ccccc4nc23)c1-c1n(-c2c(C(C)C)cc(-c3ccccc3)cc2C(C)C)c2ccccc2[n+]1C. The maximum atomic E-state index is 7.07. The lowest BCUT2D eigenvalue weighted by molar-refractivity contribution is -0.633. The average molecular weight is 651 g/mol. The third-order valence-corrected chi connectivity index (χ3v) is 10.5. The molecule has 3 aromatic heterocycles. The van der Waals surface area contributed by atoms with Crippen molar-refractivity contribution in [3.05, 3.63) is 138 Å². The summed E-state index contributed by atoms with van der Waals surface area (Å²) in [6.07, 6.45) is 0. The Morgan fingerprint density at radius 3 is 2.06 bits per heavy atom. The summed E-state index contributed by atoms with van der Waals surface area (Å²) in [6, 6.07) is 43.7. The van der Waals surface area contributed by atoms with E-state index >= 15 is 0 Å². The van der Waals surface area contributed by atoms with Crippen LogP contribution in [0.5, 0.6) is 0 Å². The van der Waals surface area contributed by atoms with Gasteiger partial charge in [-0.05, 0) is 77.9 Å². The van der Waals surface area contributed by atoms with Crippen molar-refractivity contribution >= 4 is 54.8 Å². The Morgan fingerprint density at radius 1 is 0.640 bits per heavy atom. The molecule has 0 amide bonds. The van der Waals surface area contributed by atoms with Gasteiger partial charge in [0, 0.05) is 32.7 Å². The number of rotatable bonds is 5. The fourth-order valence-electron chi connectivity index (χ4n) is 7.95. The molecule has 0 radical (unpaired) electrons. The molecule has 50 heavy (non-hydrogen) atoms.